The van der Waals surface area contributed by atoms with Gasteiger partial charge in [-0.3, -0.25) is 4.79 Å². The maximum Gasteiger partial charge on any atom is 0.277 e. The number of carbonyl (C=O) groups is 1. The summed E-state index contributed by atoms with van der Waals surface area (Å²) in [4.78, 5) is 12.3. The molecule has 6 heteroatoms. The van der Waals surface area contributed by atoms with E-state index in [1.165, 1.54) is 35.7 Å². The molecular formula is C20H27N3O2S. The highest BCUT2D eigenvalue weighted by atomic mass is 32.2. The van der Waals surface area contributed by atoms with Gasteiger partial charge in [0.15, 0.2) is 0 Å². The quantitative estimate of drug-likeness (QED) is 0.788. The molecule has 1 heterocycles. The van der Waals surface area contributed by atoms with E-state index in [1.807, 2.05) is 18.2 Å². The van der Waals surface area contributed by atoms with Crippen LogP contribution in [0.2, 0.25) is 0 Å². The first-order valence-electron chi connectivity index (χ1n) is 9.27. The van der Waals surface area contributed by atoms with Crippen molar-refractivity contribution in [3.05, 3.63) is 29.3 Å². The van der Waals surface area contributed by atoms with Crippen LogP contribution in [0.5, 0.6) is 0 Å². The van der Waals surface area contributed by atoms with Crippen LogP contribution in [0.25, 0.3) is 11.5 Å². The number of carbonyl (C=O) groups excluding carboxylic acids is 1. The van der Waals surface area contributed by atoms with E-state index in [0.717, 1.165) is 12.0 Å². The number of thioether (sulfide) groups is 1. The molecule has 26 heavy (non-hydrogen) atoms. The van der Waals surface area contributed by atoms with E-state index in [-0.39, 0.29) is 11.9 Å². The van der Waals surface area contributed by atoms with Crippen LogP contribution in [0.3, 0.4) is 0 Å². The monoisotopic (exact) mass is 373 g/mol. The summed E-state index contributed by atoms with van der Waals surface area (Å²) in [5, 5.41) is 11.8. The van der Waals surface area contributed by atoms with Crippen molar-refractivity contribution in [1.82, 2.24) is 15.5 Å². The van der Waals surface area contributed by atoms with Crippen LogP contribution in [-0.2, 0) is 4.79 Å². The minimum atomic E-state index is 0.0341. The summed E-state index contributed by atoms with van der Waals surface area (Å²) in [5.41, 5.74) is 3.32. The van der Waals surface area contributed by atoms with Crippen LogP contribution in [0, 0.1) is 25.7 Å². The Bertz CT molecular complexity index is 774. The number of benzene rings is 1. The van der Waals surface area contributed by atoms with Gasteiger partial charge in [-0.1, -0.05) is 44.5 Å². The van der Waals surface area contributed by atoms with Gasteiger partial charge < -0.3 is 9.73 Å². The van der Waals surface area contributed by atoms with E-state index >= 15 is 0 Å². The largest absolute Gasteiger partial charge is 0.411 e. The molecule has 5 nitrogen and oxygen atoms in total. The Hall–Kier alpha value is -1.82. The lowest BCUT2D eigenvalue weighted by Gasteiger charge is -2.34. The van der Waals surface area contributed by atoms with Gasteiger partial charge in [-0.05, 0) is 55.4 Å². The normalized spacial score (nSPS) is 23.0. The van der Waals surface area contributed by atoms with E-state index in [4.69, 9.17) is 4.42 Å². The topological polar surface area (TPSA) is 68.0 Å². The third-order valence-electron chi connectivity index (χ3n) is 5.54. The lowest BCUT2D eigenvalue weighted by atomic mass is 9.78. The zero-order valence-corrected chi connectivity index (χ0v) is 16.7. The molecule has 0 radical (unpaired) electrons. The number of aromatic nitrogens is 2. The van der Waals surface area contributed by atoms with Gasteiger partial charge in [0.2, 0.25) is 11.8 Å². The van der Waals surface area contributed by atoms with Gasteiger partial charge in [-0.2, -0.15) is 0 Å². The Morgan fingerprint density at radius 3 is 2.81 bits per heavy atom. The van der Waals surface area contributed by atoms with Gasteiger partial charge >= 0.3 is 0 Å². The second-order valence-electron chi connectivity index (χ2n) is 7.40. The molecule has 1 fully saturated rings. The minimum Gasteiger partial charge on any atom is -0.411 e. The Morgan fingerprint density at radius 2 is 2.04 bits per heavy atom. The summed E-state index contributed by atoms with van der Waals surface area (Å²) in [7, 11) is 0. The average Bonchev–Trinajstić information content (AvgIpc) is 3.09. The molecule has 2 aromatic rings. The lowest BCUT2D eigenvalue weighted by Crippen LogP contribution is -2.44. The molecular weight excluding hydrogens is 346 g/mol. The van der Waals surface area contributed by atoms with Crippen LogP contribution >= 0.6 is 11.8 Å². The summed E-state index contributed by atoms with van der Waals surface area (Å²) < 4.78 is 5.70. The fraction of sp³-hybridized carbons (Fsp3) is 0.550. The first kappa shape index (κ1) is 19.0. The van der Waals surface area contributed by atoms with E-state index in [2.05, 4.69) is 43.2 Å². The highest BCUT2D eigenvalue weighted by molar-refractivity contribution is 7.99. The Labute approximate surface area is 159 Å². The molecule has 0 aliphatic heterocycles. The van der Waals surface area contributed by atoms with Crippen LogP contribution in [0.1, 0.15) is 44.2 Å². The molecule has 0 bridgehead atoms. The molecule has 1 aromatic heterocycles. The Morgan fingerprint density at radius 1 is 1.23 bits per heavy atom. The van der Waals surface area contributed by atoms with Gasteiger partial charge in [0, 0.05) is 11.6 Å². The van der Waals surface area contributed by atoms with E-state index in [1.54, 1.807) is 0 Å². The van der Waals surface area contributed by atoms with Crippen molar-refractivity contribution in [1.29, 1.82) is 0 Å². The van der Waals surface area contributed by atoms with Gasteiger partial charge in [-0.15, -0.1) is 10.2 Å². The number of hydrogen-bond donors (Lipinski definition) is 1. The molecule has 0 unspecified atom stereocenters. The molecule has 1 amide bonds. The summed E-state index contributed by atoms with van der Waals surface area (Å²) in [5.74, 6) is 2.01. The fourth-order valence-corrected chi connectivity index (χ4v) is 3.99. The third-order valence-corrected chi connectivity index (χ3v) is 6.36. The molecule has 0 saturated heterocycles. The van der Waals surface area contributed by atoms with Crippen LogP contribution in [0.4, 0.5) is 0 Å². The molecule has 3 rings (SSSR count). The number of aryl methyl sites for hydroxylation is 2. The summed E-state index contributed by atoms with van der Waals surface area (Å²) in [6, 6.07) is 6.33. The third kappa shape index (κ3) is 4.47. The molecule has 1 aliphatic rings. The van der Waals surface area contributed by atoms with Crippen molar-refractivity contribution in [2.45, 2.75) is 58.2 Å². The Balaban J connectivity index is 1.54. The predicted molar refractivity (Wildman–Crippen MR) is 104 cm³/mol. The first-order chi connectivity index (χ1) is 12.4. The Kier molecular flexibility index (Phi) is 6.01. The number of nitrogens with zero attached hydrogens (tertiary/aromatic N) is 2. The van der Waals surface area contributed by atoms with Crippen molar-refractivity contribution in [2.24, 2.45) is 11.8 Å². The van der Waals surface area contributed by atoms with E-state index < -0.39 is 0 Å². The smallest absolute Gasteiger partial charge is 0.277 e. The summed E-state index contributed by atoms with van der Waals surface area (Å²) in [6.07, 6.45) is 3.51. The van der Waals surface area contributed by atoms with Gasteiger partial charge in [0.25, 0.3) is 5.22 Å². The van der Waals surface area contributed by atoms with Crippen molar-refractivity contribution in [3.63, 3.8) is 0 Å². The molecule has 0 spiro atoms. The standard InChI is InChI=1S/C20H27N3O2S/c1-12-8-9-16(10-14(12)3)19-22-23-20(25-19)26-11-18(24)21-17-7-5-6-13(2)15(17)4/h8-10,13,15,17H,5-7,11H2,1-4H3,(H,21,24)/t13-,15+,17+/m1/s1. The zero-order valence-electron chi connectivity index (χ0n) is 15.9. The van der Waals surface area contributed by atoms with Crippen molar-refractivity contribution < 1.29 is 9.21 Å². The first-order valence-corrected chi connectivity index (χ1v) is 10.3. The van der Waals surface area contributed by atoms with Crippen LogP contribution in [-0.4, -0.2) is 27.9 Å². The molecule has 3 atom stereocenters. The molecule has 1 aromatic carbocycles. The van der Waals surface area contributed by atoms with E-state index in [0.29, 0.717) is 28.7 Å². The number of rotatable bonds is 5. The SMILES string of the molecule is Cc1ccc(-c2nnc(SCC(=O)N[C@H]3CCC[C@@H](C)[C@@H]3C)o2)cc1C. The van der Waals surface area contributed by atoms with E-state index in [9.17, 15) is 4.79 Å². The lowest BCUT2D eigenvalue weighted by molar-refractivity contribution is -0.120. The van der Waals surface area contributed by atoms with Crippen molar-refractivity contribution in [3.8, 4) is 11.5 Å². The zero-order chi connectivity index (χ0) is 18.7. The molecule has 1 N–H and O–H groups in total. The van der Waals surface area contributed by atoms with Gasteiger partial charge in [0.1, 0.15) is 0 Å². The summed E-state index contributed by atoms with van der Waals surface area (Å²) in [6.45, 7) is 8.63. The highest BCUT2D eigenvalue weighted by Crippen LogP contribution is 2.30. The van der Waals surface area contributed by atoms with Gasteiger partial charge in [0.05, 0.1) is 5.75 Å². The fourth-order valence-electron chi connectivity index (χ4n) is 3.42. The molecule has 1 aliphatic carbocycles. The summed E-state index contributed by atoms with van der Waals surface area (Å²) >= 11 is 1.29. The average molecular weight is 374 g/mol. The van der Waals surface area contributed by atoms with Crippen LogP contribution < -0.4 is 5.32 Å². The maximum absolute atomic E-state index is 12.3. The van der Waals surface area contributed by atoms with Gasteiger partial charge in [-0.25, -0.2) is 0 Å². The predicted octanol–water partition coefficient (Wildman–Crippen LogP) is 4.39. The van der Waals surface area contributed by atoms with Crippen LogP contribution in [0.15, 0.2) is 27.8 Å². The molecule has 1 saturated carbocycles. The number of nitrogens with one attached hydrogen (secondary N) is 1. The number of amides is 1. The highest BCUT2D eigenvalue weighted by Gasteiger charge is 2.28. The second kappa shape index (κ2) is 8.25. The van der Waals surface area contributed by atoms with Crippen molar-refractivity contribution >= 4 is 17.7 Å². The van der Waals surface area contributed by atoms with Crippen molar-refractivity contribution in [2.75, 3.05) is 5.75 Å². The number of hydrogen-bond acceptors (Lipinski definition) is 5. The maximum atomic E-state index is 12.3. The second-order valence-corrected chi connectivity index (χ2v) is 8.33. The minimum absolute atomic E-state index is 0.0341. The molecule has 140 valence electrons.